The molecule has 2 aromatic carbocycles. The highest BCUT2D eigenvalue weighted by Gasteiger charge is 2.25. The number of likely N-dealkylation sites (N-methyl/N-ethyl adjacent to an activating group) is 1. The standard InChI is InChI=1S/C22H27N3O2S/c1-5-24(6-2)14-15-25(21(26)17-11-7-8-12-18(17)27-4)22-23-20-16(3)10-9-13-19(20)28-22/h7-13H,5-6,14-15H2,1-4H3/p+1. The third kappa shape index (κ3) is 4.18. The number of hydrogen-bond acceptors (Lipinski definition) is 4. The number of nitrogens with zero attached hydrogens (tertiary/aromatic N) is 2. The van der Waals surface area contributed by atoms with E-state index >= 15 is 0 Å². The lowest BCUT2D eigenvalue weighted by atomic mass is 10.1. The third-order valence-corrected chi connectivity index (χ3v) is 6.16. The van der Waals surface area contributed by atoms with E-state index in [4.69, 9.17) is 9.72 Å². The van der Waals surface area contributed by atoms with Gasteiger partial charge in [0.25, 0.3) is 5.91 Å². The average Bonchev–Trinajstić information content (AvgIpc) is 3.16. The molecule has 148 valence electrons. The molecule has 0 aliphatic rings. The predicted octanol–water partition coefficient (Wildman–Crippen LogP) is 3.18. The second-order valence-corrected chi connectivity index (χ2v) is 7.79. The maximum absolute atomic E-state index is 13.5. The molecule has 3 rings (SSSR count). The molecule has 0 aliphatic heterocycles. The van der Waals surface area contributed by atoms with Gasteiger partial charge in [0.05, 0.1) is 49.1 Å². The summed E-state index contributed by atoms with van der Waals surface area (Å²) in [5.74, 6) is 0.519. The molecule has 0 aliphatic carbocycles. The van der Waals surface area contributed by atoms with Gasteiger partial charge in [-0.25, -0.2) is 4.98 Å². The molecule has 0 bridgehead atoms. The lowest BCUT2D eigenvalue weighted by molar-refractivity contribution is -0.894. The number of amides is 1. The summed E-state index contributed by atoms with van der Waals surface area (Å²) < 4.78 is 6.53. The van der Waals surface area contributed by atoms with E-state index in [1.165, 1.54) is 4.90 Å². The second kappa shape index (κ2) is 9.17. The maximum atomic E-state index is 13.5. The van der Waals surface area contributed by atoms with Gasteiger partial charge in [0.1, 0.15) is 5.75 Å². The van der Waals surface area contributed by atoms with Crippen molar-refractivity contribution in [1.82, 2.24) is 4.98 Å². The number of methoxy groups -OCH3 is 1. The number of ether oxygens (including phenoxy) is 1. The molecule has 0 unspecified atom stereocenters. The minimum Gasteiger partial charge on any atom is -0.496 e. The summed E-state index contributed by atoms with van der Waals surface area (Å²) in [6.07, 6.45) is 0. The van der Waals surface area contributed by atoms with Crippen LogP contribution in [0.5, 0.6) is 5.75 Å². The van der Waals surface area contributed by atoms with Crippen molar-refractivity contribution >= 4 is 32.6 Å². The van der Waals surface area contributed by atoms with Crippen LogP contribution in [-0.2, 0) is 0 Å². The highest BCUT2D eigenvalue weighted by atomic mass is 32.1. The van der Waals surface area contributed by atoms with E-state index in [0.29, 0.717) is 17.9 Å². The fraction of sp³-hybridized carbons (Fsp3) is 0.364. The summed E-state index contributed by atoms with van der Waals surface area (Å²) >= 11 is 1.57. The summed E-state index contributed by atoms with van der Waals surface area (Å²) in [6, 6.07) is 13.5. The largest absolute Gasteiger partial charge is 0.496 e. The van der Waals surface area contributed by atoms with Crippen molar-refractivity contribution in [2.75, 3.05) is 38.2 Å². The van der Waals surface area contributed by atoms with Crippen LogP contribution in [-0.4, -0.2) is 44.2 Å². The Labute approximate surface area is 170 Å². The molecule has 28 heavy (non-hydrogen) atoms. The number of rotatable bonds is 8. The SMILES string of the molecule is CC[NH+](CC)CCN(C(=O)c1ccccc1OC)c1nc2c(C)cccc2s1. The topological polar surface area (TPSA) is 46.9 Å². The van der Waals surface area contributed by atoms with Crippen LogP contribution in [0.15, 0.2) is 42.5 Å². The molecular formula is C22H28N3O2S+. The lowest BCUT2D eigenvalue weighted by Crippen LogP contribution is -3.12. The smallest absolute Gasteiger partial charge is 0.264 e. The van der Waals surface area contributed by atoms with E-state index in [-0.39, 0.29) is 5.91 Å². The summed E-state index contributed by atoms with van der Waals surface area (Å²) in [5, 5.41) is 0.742. The van der Waals surface area contributed by atoms with Gasteiger partial charge in [0.15, 0.2) is 5.13 Å². The molecule has 0 saturated carbocycles. The normalized spacial score (nSPS) is 11.2. The zero-order valence-electron chi connectivity index (χ0n) is 17.0. The Kier molecular flexibility index (Phi) is 6.65. The Morgan fingerprint density at radius 1 is 1.14 bits per heavy atom. The van der Waals surface area contributed by atoms with E-state index < -0.39 is 0 Å². The number of fused-ring (bicyclic) bond motifs is 1. The monoisotopic (exact) mass is 398 g/mol. The van der Waals surface area contributed by atoms with Crippen LogP contribution in [0.2, 0.25) is 0 Å². The third-order valence-electron chi connectivity index (χ3n) is 5.11. The molecule has 1 heterocycles. The molecule has 1 N–H and O–H groups in total. The Hall–Kier alpha value is -2.44. The van der Waals surface area contributed by atoms with Gasteiger partial charge in [-0.05, 0) is 44.5 Å². The molecule has 0 saturated heterocycles. The molecule has 0 fully saturated rings. The highest BCUT2D eigenvalue weighted by Crippen LogP contribution is 2.32. The Morgan fingerprint density at radius 3 is 2.57 bits per heavy atom. The number of para-hydroxylation sites is 2. The fourth-order valence-corrected chi connectivity index (χ4v) is 4.38. The first-order chi connectivity index (χ1) is 13.6. The number of carbonyl (C=O) groups is 1. The molecule has 0 radical (unpaired) electrons. The number of anilines is 1. The lowest BCUT2D eigenvalue weighted by Gasteiger charge is -2.23. The summed E-state index contributed by atoms with van der Waals surface area (Å²) in [5.41, 5.74) is 2.66. The second-order valence-electron chi connectivity index (χ2n) is 6.78. The zero-order chi connectivity index (χ0) is 20.1. The van der Waals surface area contributed by atoms with Gasteiger partial charge in [-0.15, -0.1) is 0 Å². The molecule has 5 nitrogen and oxygen atoms in total. The van der Waals surface area contributed by atoms with E-state index in [1.54, 1.807) is 18.4 Å². The van der Waals surface area contributed by atoms with Gasteiger partial charge in [0.2, 0.25) is 0 Å². The first kappa shape index (κ1) is 20.3. The first-order valence-electron chi connectivity index (χ1n) is 9.73. The van der Waals surface area contributed by atoms with Crippen molar-refractivity contribution in [2.45, 2.75) is 20.8 Å². The number of quaternary nitrogens is 1. The summed E-state index contributed by atoms with van der Waals surface area (Å²) in [4.78, 5) is 21.6. The minimum atomic E-state index is -0.0688. The molecule has 0 spiro atoms. The maximum Gasteiger partial charge on any atom is 0.264 e. The summed E-state index contributed by atoms with van der Waals surface area (Å²) in [6.45, 7) is 9.96. The van der Waals surface area contributed by atoms with E-state index in [1.807, 2.05) is 35.2 Å². The van der Waals surface area contributed by atoms with Crippen LogP contribution in [0.25, 0.3) is 10.2 Å². The van der Waals surface area contributed by atoms with Gasteiger partial charge in [0, 0.05) is 0 Å². The van der Waals surface area contributed by atoms with Crippen LogP contribution >= 0.6 is 11.3 Å². The molecule has 1 amide bonds. The quantitative estimate of drug-likeness (QED) is 0.634. The first-order valence-corrected chi connectivity index (χ1v) is 10.5. The molecule has 0 atom stereocenters. The number of hydrogen-bond donors (Lipinski definition) is 1. The van der Waals surface area contributed by atoms with E-state index in [9.17, 15) is 4.79 Å². The Bertz CT molecular complexity index is 950. The van der Waals surface area contributed by atoms with Crippen LogP contribution in [0.3, 0.4) is 0 Å². The van der Waals surface area contributed by atoms with Crippen molar-refractivity contribution < 1.29 is 14.4 Å². The fourth-order valence-electron chi connectivity index (χ4n) is 3.31. The van der Waals surface area contributed by atoms with Gasteiger partial charge in [-0.1, -0.05) is 35.6 Å². The van der Waals surface area contributed by atoms with Crippen LogP contribution < -0.4 is 14.5 Å². The molecule has 6 heteroatoms. The average molecular weight is 399 g/mol. The van der Waals surface area contributed by atoms with Gasteiger partial charge in [-0.3, -0.25) is 9.69 Å². The van der Waals surface area contributed by atoms with Crippen molar-refractivity contribution in [2.24, 2.45) is 0 Å². The van der Waals surface area contributed by atoms with Crippen molar-refractivity contribution in [3.63, 3.8) is 0 Å². The molecular weight excluding hydrogens is 370 g/mol. The van der Waals surface area contributed by atoms with Crippen molar-refractivity contribution in [3.8, 4) is 5.75 Å². The van der Waals surface area contributed by atoms with Crippen LogP contribution in [0.4, 0.5) is 5.13 Å². The number of carbonyl (C=O) groups excluding carboxylic acids is 1. The highest BCUT2D eigenvalue weighted by molar-refractivity contribution is 7.22. The number of aromatic nitrogens is 1. The van der Waals surface area contributed by atoms with E-state index in [0.717, 1.165) is 40.5 Å². The number of aryl methyl sites for hydroxylation is 1. The Balaban J connectivity index is 2.00. The molecule has 1 aromatic heterocycles. The van der Waals surface area contributed by atoms with Crippen LogP contribution in [0, 0.1) is 6.92 Å². The Morgan fingerprint density at radius 2 is 1.89 bits per heavy atom. The molecule has 3 aromatic rings. The number of nitrogens with one attached hydrogen (secondary N) is 1. The van der Waals surface area contributed by atoms with Crippen LogP contribution in [0.1, 0.15) is 29.8 Å². The predicted molar refractivity (Wildman–Crippen MR) is 116 cm³/mol. The van der Waals surface area contributed by atoms with E-state index in [2.05, 4.69) is 32.9 Å². The summed E-state index contributed by atoms with van der Waals surface area (Å²) in [7, 11) is 1.59. The number of thiazole rings is 1. The van der Waals surface area contributed by atoms with Gasteiger partial charge < -0.3 is 9.64 Å². The van der Waals surface area contributed by atoms with Crippen molar-refractivity contribution in [1.29, 1.82) is 0 Å². The van der Waals surface area contributed by atoms with Gasteiger partial charge >= 0.3 is 0 Å². The van der Waals surface area contributed by atoms with Crippen molar-refractivity contribution in [3.05, 3.63) is 53.6 Å². The zero-order valence-corrected chi connectivity index (χ0v) is 17.8. The number of benzene rings is 2. The van der Waals surface area contributed by atoms with Gasteiger partial charge in [-0.2, -0.15) is 0 Å². The minimum absolute atomic E-state index is 0.0688.